The second-order valence-corrected chi connectivity index (χ2v) is 6.94. The molecule has 0 saturated carbocycles. The standard InChI is InChI=1S/C14H16N4O4S/c1-18(2)23(20,21)10-6-4-9(5-7-10)11-8-16-13(15)12(17-11)14(19)22-3/h4-8H,1-3H3,(H2,15,16). The first-order valence-corrected chi connectivity index (χ1v) is 7.95. The molecule has 2 rings (SSSR count). The van der Waals surface area contributed by atoms with Crippen LogP contribution in [-0.4, -0.2) is 49.9 Å². The van der Waals surface area contributed by atoms with Gasteiger partial charge in [-0.1, -0.05) is 12.1 Å². The molecule has 0 bridgehead atoms. The van der Waals surface area contributed by atoms with E-state index in [-0.39, 0.29) is 16.4 Å². The average molecular weight is 336 g/mol. The van der Waals surface area contributed by atoms with Crippen molar-refractivity contribution in [3.63, 3.8) is 0 Å². The Morgan fingerprint density at radius 1 is 1.22 bits per heavy atom. The molecule has 9 heteroatoms. The maximum absolute atomic E-state index is 12.0. The summed E-state index contributed by atoms with van der Waals surface area (Å²) >= 11 is 0. The van der Waals surface area contributed by atoms with E-state index in [4.69, 9.17) is 5.73 Å². The molecular formula is C14H16N4O4S. The third-order valence-electron chi connectivity index (χ3n) is 3.11. The summed E-state index contributed by atoms with van der Waals surface area (Å²) in [5.41, 5.74) is 6.49. The van der Waals surface area contributed by atoms with E-state index in [0.29, 0.717) is 11.3 Å². The van der Waals surface area contributed by atoms with Crippen LogP contribution in [0.3, 0.4) is 0 Å². The SMILES string of the molecule is COC(=O)c1nc(-c2ccc(S(=O)(=O)N(C)C)cc2)cnc1N. The first-order valence-electron chi connectivity index (χ1n) is 6.51. The van der Waals surface area contributed by atoms with Crippen LogP contribution in [0.5, 0.6) is 0 Å². The highest BCUT2D eigenvalue weighted by Crippen LogP contribution is 2.22. The minimum absolute atomic E-state index is 0.0348. The molecule has 0 atom stereocenters. The van der Waals surface area contributed by atoms with Gasteiger partial charge in [-0.3, -0.25) is 0 Å². The average Bonchev–Trinajstić information content (AvgIpc) is 2.54. The molecule has 0 amide bonds. The molecule has 1 heterocycles. The van der Waals surface area contributed by atoms with Gasteiger partial charge in [-0.25, -0.2) is 27.5 Å². The number of hydrogen-bond donors (Lipinski definition) is 1. The fourth-order valence-electron chi connectivity index (χ4n) is 1.79. The number of rotatable bonds is 4. The Labute approximate surface area is 134 Å². The topological polar surface area (TPSA) is 115 Å². The predicted octanol–water partition coefficient (Wildman–Crippen LogP) is 0.763. The second-order valence-electron chi connectivity index (χ2n) is 4.79. The Morgan fingerprint density at radius 2 is 1.83 bits per heavy atom. The van der Waals surface area contributed by atoms with Crippen LogP contribution < -0.4 is 5.73 Å². The summed E-state index contributed by atoms with van der Waals surface area (Å²) in [5, 5.41) is 0. The summed E-state index contributed by atoms with van der Waals surface area (Å²) in [7, 11) is 0.626. The van der Waals surface area contributed by atoms with Gasteiger partial charge in [0.05, 0.1) is 23.9 Å². The maximum Gasteiger partial charge on any atom is 0.360 e. The fraction of sp³-hybridized carbons (Fsp3) is 0.214. The first-order chi connectivity index (χ1) is 10.8. The lowest BCUT2D eigenvalue weighted by molar-refractivity contribution is 0.0595. The number of nitrogens with zero attached hydrogens (tertiary/aromatic N) is 3. The number of nitrogens with two attached hydrogens (primary N) is 1. The summed E-state index contributed by atoms with van der Waals surface area (Å²) in [4.78, 5) is 19.8. The number of carbonyl (C=O) groups excluding carboxylic acids is 1. The van der Waals surface area contributed by atoms with Crippen molar-refractivity contribution >= 4 is 21.8 Å². The zero-order valence-corrected chi connectivity index (χ0v) is 13.7. The van der Waals surface area contributed by atoms with Gasteiger partial charge in [0.1, 0.15) is 0 Å². The molecule has 1 aromatic heterocycles. The van der Waals surface area contributed by atoms with Crippen LogP contribution in [0.4, 0.5) is 5.82 Å². The Hall–Kier alpha value is -2.52. The molecule has 0 spiro atoms. The van der Waals surface area contributed by atoms with E-state index < -0.39 is 16.0 Å². The molecule has 122 valence electrons. The lowest BCUT2D eigenvalue weighted by Crippen LogP contribution is -2.22. The number of sulfonamides is 1. The molecule has 8 nitrogen and oxygen atoms in total. The Bertz CT molecular complexity index is 832. The van der Waals surface area contributed by atoms with Gasteiger partial charge in [0.25, 0.3) is 0 Å². The lowest BCUT2D eigenvalue weighted by Gasteiger charge is -2.11. The molecule has 0 radical (unpaired) electrons. The van der Waals surface area contributed by atoms with Crippen LogP contribution in [0.2, 0.25) is 0 Å². The molecule has 23 heavy (non-hydrogen) atoms. The summed E-state index contributed by atoms with van der Waals surface area (Å²) in [6, 6.07) is 6.08. The molecule has 0 saturated heterocycles. The highest BCUT2D eigenvalue weighted by atomic mass is 32.2. The van der Waals surface area contributed by atoms with Crippen molar-refractivity contribution in [2.45, 2.75) is 4.90 Å². The van der Waals surface area contributed by atoms with Crippen LogP contribution in [0.1, 0.15) is 10.5 Å². The van der Waals surface area contributed by atoms with E-state index in [0.717, 1.165) is 4.31 Å². The van der Waals surface area contributed by atoms with Crippen molar-refractivity contribution in [3.05, 3.63) is 36.2 Å². The van der Waals surface area contributed by atoms with E-state index in [1.165, 1.54) is 39.5 Å². The number of ether oxygens (including phenoxy) is 1. The smallest absolute Gasteiger partial charge is 0.360 e. The second kappa shape index (κ2) is 6.31. The van der Waals surface area contributed by atoms with Gasteiger partial charge in [0.2, 0.25) is 10.0 Å². The van der Waals surface area contributed by atoms with Crippen molar-refractivity contribution in [2.75, 3.05) is 26.9 Å². The van der Waals surface area contributed by atoms with E-state index in [9.17, 15) is 13.2 Å². The van der Waals surface area contributed by atoms with Crippen LogP contribution in [0.15, 0.2) is 35.4 Å². The molecule has 0 fully saturated rings. The highest BCUT2D eigenvalue weighted by molar-refractivity contribution is 7.89. The third-order valence-corrected chi connectivity index (χ3v) is 4.94. The minimum atomic E-state index is -3.50. The Morgan fingerprint density at radius 3 is 2.35 bits per heavy atom. The summed E-state index contributed by atoms with van der Waals surface area (Å²) in [6.45, 7) is 0. The number of carbonyl (C=O) groups is 1. The van der Waals surface area contributed by atoms with Crippen molar-refractivity contribution < 1.29 is 17.9 Å². The Kier molecular flexibility index (Phi) is 4.62. The van der Waals surface area contributed by atoms with Crippen molar-refractivity contribution in [1.82, 2.24) is 14.3 Å². The van der Waals surface area contributed by atoms with E-state index in [1.54, 1.807) is 12.1 Å². The highest BCUT2D eigenvalue weighted by Gasteiger charge is 2.18. The largest absolute Gasteiger partial charge is 0.464 e. The van der Waals surface area contributed by atoms with Gasteiger partial charge in [0.15, 0.2) is 11.5 Å². The molecule has 0 aliphatic heterocycles. The van der Waals surface area contributed by atoms with Crippen molar-refractivity contribution in [2.24, 2.45) is 0 Å². The molecule has 2 aromatic rings. The summed E-state index contributed by atoms with van der Waals surface area (Å²) in [6.07, 6.45) is 1.40. The molecule has 1 aromatic carbocycles. The lowest BCUT2D eigenvalue weighted by atomic mass is 10.1. The molecule has 2 N–H and O–H groups in total. The third kappa shape index (κ3) is 3.30. The molecule has 0 unspecified atom stereocenters. The van der Waals surface area contributed by atoms with Crippen LogP contribution in [-0.2, 0) is 14.8 Å². The van der Waals surface area contributed by atoms with E-state index >= 15 is 0 Å². The number of methoxy groups -OCH3 is 1. The van der Waals surface area contributed by atoms with E-state index in [2.05, 4.69) is 14.7 Å². The van der Waals surface area contributed by atoms with Gasteiger partial charge < -0.3 is 10.5 Å². The summed E-state index contributed by atoms with van der Waals surface area (Å²) < 4.78 is 29.8. The number of nitrogen functional groups attached to an aromatic ring is 1. The minimum Gasteiger partial charge on any atom is -0.464 e. The predicted molar refractivity (Wildman–Crippen MR) is 84.1 cm³/mol. The molecular weight excluding hydrogens is 320 g/mol. The number of aromatic nitrogens is 2. The van der Waals surface area contributed by atoms with Gasteiger partial charge >= 0.3 is 5.97 Å². The van der Waals surface area contributed by atoms with Crippen LogP contribution >= 0.6 is 0 Å². The van der Waals surface area contributed by atoms with Gasteiger partial charge in [0, 0.05) is 19.7 Å². The van der Waals surface area contributed by atoms with Crippen LogP contribution in [0.25, 0.3) is 11.3 Å². The van der Waals surface area contributed by atoms with E-state index in [1.807, 2.05) is 0 Å². The monoisotopic (exact) mass is 336 g/mol. The number of hydrogen-bond acceptors (Lipinski definition) is 7. The number of anilines is 1. The quantitative estimate of drug-likeness (QED) is 0.819. The Balaban J connectivity index is 2.43. The molecule has 0 aliphatic carbocycles. The molecule has 0 aliphatic rings. The number of esters is 1. The van der Waals surface area contributed by atoms with Gasteiger partial charge in [-0.05, 0) is 12.1 Å². The fourth-order valence-corrected chi connectivity index (χ4v) is 2.69. The van der Waals surface area contributed by atoms with Gasteiger partial charge in [-0.2, -0.15) is 0 Å². The number of benzene rings is 1. The zero-order chi connectivity index (χ0) is 17.2. The van der Waals surface area contributed by atoms with Crippen molar-refractivity contribution in [1.29, 1.82) is 0 Å². The zero-order valence-electron chi connectivity index (χ0n) is 12.8. The summed E-state index contributed by atoms with van der Waals surface area (Å²) in [5.74, 6) is -0.726. The first kappa shape index (κ1) is 16.8. The van der Waals surface area contributed by atoms with Gasteiger partial charge in [-0.15, -0.1) is 0 Å². The maximum atomic E-state index is 12.0. The van der Waals surface area contributed by atoms with Crippen molar-refractivity contribution in [3.8, 4) is 11.3 Å². The normalized spacial score (nSPS) is 11.5. The van der Waals surface area contributed by atoms with Crippen LogP contribution in [0, 0.1) is 0 Å².